The van der Waals surface area contributed by atoms with E-state index in [1.54, 1.807) is 0 Å². The number of aromatic hydroxyl groups is 2. The number of primary amides is 1. The van der Waals surface area contributed by atoms with Crippen LogP contribution in [0.1, 0.15) is 11.1 Å². The summed E-state index contributed by atoms with van der Waals surface area (Å²) in [5.74, 6) is -2.02. The highest BCUT2D eigenvalue weighted by Gasteiger charge is 2.38. The molecular weight excluding hydrogens is 466 g/mol. The fourth-order valence-corrected chi connectivity index (χ4v) is 2.80. The van der Waals surface area contributed by atoms with Crippen molar-refractivity contribution in [2.24, 2.45) is 5.73 Å². The number of hydrogen-bond donors (Lipinski definition) is 3. The number of ether oxygens (including phenoxy) is 2. The van der Waals surface area contributed by atoms with Gasteiger partial charge < -0.3 is 25.4 Å². The van der Waals surface area contributed by atoms with E-state index in [9.17, 15) is 41.4 Å². The maximum Gasteiger partial charge on any atom is 0.416 e. The molecule has 0 radical (unpaired) electrons. The van der Waals surface area contributed by atoms with Gasteiger partial charge in [0.15, 0.2) is 17.3 Å². The summed E-state index contributed by atoms with van der Waals surface area (Å²) in [5, 5.41) is 27.0. The maximum absolute atomic E-state index is 13.3. The van der Waals surface area contributed by atoms with Crippen LogP contribution >= 0.6 is 0 Å². The molecule has 0 bridgehead atoms. The van der Waals surface area contributed by atoms with Gasteiger partial charge in [0.05, 0.1) is 29.5 Å². The highest BCUT2D eigenvalue weighted by Crippen LogP contribution is 2.42. The fourth-order valence-electron chi connectivity index (χ4n) is 2.80. The SMILES string of the molecule is COc1cc(-c2nnc(OC(N)=O)n2-c2cc(C(F)(F)F)cc(C(F)(F)F)c2)c(O)cc1O. The van der Waals surface area contributed by atoms with Crippen molar-refractivity contribution in [3.63, 3.8) is 0 Å². The molecule has 33 heavy (non-hydrogen) atoms. The number of nitrogens with two attached hydrogens (primary N) is 1. The minimum Gasteiger partial charge on any atom is -0.507 e. The van der Waals surface area contributed by atoms with Crippen molar-refractivity contribution in [1.82, 2.24) is 14.8 Å². The van der Waals surface area contributed by atoms with E-state index in [2.05, 4.69) is 14.9 Å². The summed E-state index contributed by atoms with van der Waals surface area (Å²) in [6.07, 6.45) is -11.9. The summed E-state index contributed by atoms with van der Waals surface area (Å²) in [6, 6.07) is 1.42. The molecule has 0 saturated heterocycles. The summed E-state index contributed by atoms with van der Waals surface area (Å²) in [4.78, 5) is 11.2. The lowest BCUT2D eigenvalue weighted by Gasteiger charge is -2.17. The van der Waals surface area contributed by atoms with Gasteiger partial charge >= 0.3 is 24.5 Å². The average molecular weight is 478 g/mol. The molecule has 1 amide bonds. The van der Waals surface area contributed by atoms with Gasteiger partial charge in [-0.15, -0.1) is 5.10 Å². The van der Waals surface area contributed by atoms with Gasteiger partial charge in [0.2, 0.25) is 0 Å². The summed E-state index contributed by atoms with van der Waals surface area (Å²) in [7, 11) is 1.14. The van der Waals surface area contributed by atoms with E-state index in [1.165, 1.54) is 0 Å². The summed E-state index contributed by atoms with van der Waals surface area (Å²) < 4.78 is 89.9. The molecule has 1 aromatic heterocycles. The van der Waals surface area contributed by atoms with Crippen molar-refractivity contribution in [3.05, 3.63) is 41.5 Å². The Labute approximate surface area is 179 Å². The number of carbonyl (C=O) groups excluding carboxylic acids is 1. The Morgan fingerprint density at radius 2 is 1.52 bits per heavy atom. The van der Waals surface area contributed by atoms with Crippen molar-refractivity contribution in [1.29, 1.82) is 0 Å². The zero-order valence-corrected chi connectivity index (χ0v) is 16.2. The number of phenols is 2. The minimum atomic E-state index is -5.18. The lowest BCUT2D eigenvalue weighted by Crippen LogP contribution is -2.19. The molecule has 0 saturated carbocycles. The molecule has 15 heteroatoms. The van der Waals surface area contributed by atoms with E-state index in [0.717, 1.165) is 19.2 Å². The van der Waals surface area contributed by atoms with Gasteiger partial charge in [-0.1, -0.05) is 5.10 Å². The maximum atomic E-state index is 13.3. The Morgan fingerprint density at radius 1 is 0.939 bits per heavy atom. The van der Waals surface area contributed by atoms with Gasteiger partial charge in [-0.25, -0.2) is 9.36 Å². The highest BCUT2D eigenvalue weighted by atomic mass is 19.4. The van der Waals surface area contributed by atoms with Crippen LogP contribution < -0.4 is 15.2 Å². The van der Waals surface area contributed by atoms with Crippen LogP contribution in [0.5, 0.6) is 23.3 Å². The lowest BCUT2D eigenvalue weighted by molar-refractivity contribution is -0.143. The Morgan fingerprint density at radius 3 is 2.00 bits per heavy atom. The first kappa shape index (κ1) is 23.5. The summed E-state index contributed by atoms with van der Waals surface area (Å²) >= 11 is 0. The number of amides is 1. The van der Waals surface area contributed by atoms with Crippen molar-refractivity contribution < 1.29 is 50.8 Å². The number of rotatable bonds is 4. The van der Waals surface area contributed by atoms with Crippen LogP contribution in [0.2, 0.25) is 0 Å². The van der Waals surface area contributed by atoms with Gasteiger partial charge in [-0.3, -0.25) is 0 Å². The minimum absolute atomic E-state index is 0.108. The zero-order valence-electron chi connectivity index (χ0n) is 16.2. The van der Waals surface area contributed by atoms with E-state index in [0.29, 0.717) is 16.7 Å². The van der Waals surface area contributed by atoms with Crippen LogP contribution in [0.25, 0.3) is 17.1 Å². The van der Waals surface area contributed by atoms with Gasteiger partial charge in [-0.2, -0.15) is 26.3 Å². The lowest BCUT2D eigenvalue weighted by atomic mass is 10.1. The molecule has 1 heterocycles. The third kappa shape index (κ3) is 4.70. The van der Waals surface area contributed by atoms with Crippen LogP contribution in [-0.4, -0.2) is 38.2 Å². The second kappa shape index (κ2) is 8.07. The molecule has 3 rings (SSSR count). The Balaban J connectivity index is 2.38. The van der Waals surface area contributed by atoms with Crippen LogP contribution in [-0.2, 0) is 12.4 Å². The standard InChI is InChI=1S/C18H12F6N4O5/c1-32-13-5-10(11(29)6-12(13)30)14-26-27-16(33-15(25)31)28(14)9-3-7(17(19,20)21)2-8(4-9)18(22,23)24/h2-6,29-30H,1H3,(H2,25,31). The Hall–Kier alpha value is -4.17. The monoisotopic (exact) mass is 478 g/mol. The van der Waals surface area contributed by atoms with Crippen LogP contribution in [0.4, 0.5) is 31.1 Å². The molecule has 176 valence electrons. The zero-order chi connectivity index (χ0) is 24.7. The van der Waals surface area contributed by atoms with E-state index in [4.69, 9.17) is 10.5 Å². The number of alkyl halides is 6. The van der Waals surface area contributed by atoms with Crippen LogP contribution in [0.3, 0.4) is 0 Å². The quantitative estimate of drug-likeness (QED) is 0.485. The van der Waals surface area contributed by atoms with Crippen molar-refractivity contribution in [2.75, 3.05) is 7.11 Å². The van der Waals surface area contributed by atoms with Crippen molar-refractivity contribution >= 4 is 6.09 Å². The number of benzene rings is 2. The van der Waals surface area contributed by atoms with E-state index < -0.39 is 58.6 Å². The number of aromatic nitrogens is 3. The molecule has 3 aromatic rings. The van der Waals surface area contributed by atoms with Gasteiger partial charge in [0, 0.05) is 6.07 Å². The van der Waals surface area contributed by atoms with Gasteiger partial charge in [-0.05, 0) is 24.3 Å². The molecule has 0 aliphatic carbocycles. The van der Waals surface area contributed by atoms with Crippen molar-refractivity contribution in [2.45, 2.75) is 12.4 Å². The molecule has 0 atom stereocenters. The number of halogens is 6. The van der Waals surface area contributed by atoms with E-state index in [1.807, 2.05) is 0 Å². The third-order valence-corrected chi connectivity index (χ3v) is 4.19. The van der Waals surface area contributed by atoms with E-state index >= 15 is 0 Å². The summed E-state index contributed by atoms with van der Waals surface area (Å²) in [5.41, 5.74) is 0.391. The number of phenolic OH excluding ortho intramolecular Hbond substituents is 2. The van der Waals surface area contributed by atoms with Crippen LogP contribution in [0.15, 0.2) is 30.3 Å². The fraction of sp³-hybridized carbons (Fsp3) is 0.167. The normalized spacial score (nSPS) is 12.0. The Bertz CT molecular complexity index is 1190. The molecule has 0 aliphatic heterocycles. The van der Waals surface area contributed by atoms with Gasteiger partial charge in [0.25, 0.3) is 0 Å². The predicted octanol–water partition coefficient (Wildman–Crippen LogP) is 3.85. The highest BCUT2D eigenvalue weighted by molar-refractivity contribution is 5.72. The van der Waals surface area contributed by atoms with E-state index in [-0.39, 0.29) is 17.4 Å². The molecule has 9 nitrogen and oxygen atoms in total. The first-order valence-electron chi connectivity index (χ1n) is 8.55. The number of nitrogens with zero attached hydrogens (tertiary/aromatic N) is 3. The third-order valence-electron chi connectivity index (χ3n) is 4.19. The molecule has 4 N–H and O–H groups in total. The largest absolute Gasteiger partial charge is 0.507 e. The van der Waals surface area contributed by atoms with Crippen LogP contribution in [0, 0.1) is 0 Å². The first-order valence-corrected chi connectivity index (χ1v) is 8.55. The molecular formula is C18H12F6N4O5. The number of methoxy groups -OCH3 is 1. The predicted molar refractivity (Wildman–Crippen MR) is 96.9 cm³/mol. The van der Waals surface area contributed by atoms with Gasteiger partial charge in [0.1, 0.15) is 5.75 Å². The molecule has 0 unspecified atom stereocenters. The summed E-state index contributed by atoms with van der Waals surface area (Å²) in [6.45, 7) is 0. The second-order valence-electron chi connectivity index (χ2n) is 6.37. The second-order valence-corrected chi connectivity index (χ2v) is 6.37. The number of hydrogen-bond acceptors (Lipinski definition) is 7. The molecule has 2 aromatic carbocycles. The first-order chi connectivity index (χ1) is 15.2. The Kier molecular flexibility index (Phi) is 5.74. The molecule has 0 fully saturated rings. The molecule has 0 aliphatic rings. The smallest absolute Gasteiger partial charge is 0.416 e. The molecule has 0 spiro atoms. The average Bonchev–Trinajstić information content (AvgIpc) is 3.09. The van der Waals surface area contributed by atoms with Crippen molar-refractivity contribution in [3.8, 4) is 40.3 Å². The number of carbonyl (C=O) groups is 1. The topological polar surface area (TPSA) is 133 Å².